The molecule has 0 aromatic heterocycles. The Bertz CT molecular complexity index is 300. The molecule has 0 bridgehead atoms. The molecule has 0 aromatic carbocycles. The van der Waals surface area contributed by atoms with Crippen LogP contribution < -0.4 is 5.32 Å². The van der Waals surface area contributed by atoms with Crippen molar-refractivity contribution in [1.29, 1.82) is 0 Å². The van der Waals surface area contributed by atoms with E-state index in [1.165, 1.54) is 0 Å². The van der Waals surface area contributed by atoms with Crippen LogP contribution in [0.25, 0.3) is 0 Å². The number of carbonyl (C=O) groups excluding carboxylic acids is 2. The lowest BCUT2D eigenvalue weighted by Gasteiger charge is -2.13. The van der Waals surface area contributed by atoms with E-state index in [2.05, 4.69) is 18.5 Å². The summed E-state index contributed by atoms with van der Waals surface area (Å²) >= 11 is 0. The predicted octanol–water partition coefficient (Wildman–Crippen LogP) is 3.38. The quantitative estimate of drug-likeness (QED) is 0.461. The Kier molecular flexibility index (Phi) is 10.6. The Morgan fingerprint density at radius 2 is 2.05 bits per heavy atom. The van der Waals surface area contributed by atoms with E-state index >= 15 is 0 Å². The van der Waals surface area contributed by atoms with Crippen LogP contribution in [0.4, 0.5) is 4.79 Å². The van der Waals surface area contributed by atoms with Crippen molar-refractivity contribution in [1.82, 2.24) is 5.32 Å². The van der Waals surface area contributed by atoms with E-state index in [-0.39, 0.29) is 11.9 Å². The van der Waals surface area contributed by atoms with Crippen LogP contribution in [-0.4, -0.2) is 24.5 Å². The number of hydrogen-bond donors (Lipinski definition) is 1. The van der Waals surface area contributed by atoms with E-state index in [9.17, 15) is 9.59 Å². The molecule has 4 heteroatoms. The fourth-order valence-electron chi connectivity index (χ4n) is 1.55. The van der Waals surface area contributed by atoms with Gasteiger partial charge >= 0.3 is 6.09 Å². The van der Waals surface area contributed by atoms with Gasteiger partial charge in [0.2, 0.25) is 0 Å². The van der Waals surface area contributed by atoms with Gasteiger partial charge in [-0.25, -0.2) is 4.79 Å². The summed E-state index contributed by atoms with van der Waals surface area (Å²) in [7, 11) is 0. The van der Waals surface area contributed by atoms with Gasteiger partial charge in [0.25, 0.3) is 0 Å². The topological polar surface area (TPSA) is 55.4 Å². The van der Waals surface area contributed by atoms with E-state index < -0.39 is 6.09 Å². The van der Waals surface area contributed by atoms with Gasteiger partial charge in [0.1, 0.15) is 11.9 Å². The fourth-order valence-corrected chi connectivity index (χ4v) is 1.55. The Labute approximate surface area is 115 Å². The van der Waals surface area contributed by atoms with Gasteiger partial charge in [-0.15, -0.1) is 6.58 Å². The summed E-state index contributed by atoms with van der Waals surface area (Å²) in [5.74, 6) is 0.199. The maximum atomic E-state index is 11.4. The van der Waals surface area contributed by atoms with E-state index in [4.69, 9.17) is 4.74 Å². The Morgan fingerprint density at radius 3 is 2.63 bits per heavy atom. The molecule has 19 heavy (non-hydrogen) atoms. The molecule has 1 atom stereocenters. The summed E-state index contributed by atoms with van der Waals surface area (Å²) in [5.41, 5.74) is 0. The monoisotopic (exact) mass is 267 g/mol. The van der Waals surface area contributed by atoms with Crippen LogP contribution in [0.3, 0.4) is 0 Å². The average Bonchev–Trinajstić information content (AvgIpc) is 2.40. The first-order valence-corrected chi connectivity index (χ1v) is 6.83. The van der Waals surface area contributed by atoms with Crippen molar-refractivity contribution in [3.05, 3.63) is 25.3 Å². The molecule has 108 valence electrons. The molecule has 0 heterocycles. The summed E-state index contributed by atoms with van der Waals surface area (Å²) in [5, 5.41) is 2.64. The lowest BCUT2D eigenvalue weighted by Crippen LogP contribution is -2.29. The molecule has 1 unspecified atom stereocenters. The smallest absolute Gasteiger partial charge is 0.407 e. The highest BCUT2D eigenvalue weighted by Crippen LogP contribution is 2.03. The highest BCUT2D eigenvalue weighted by atomic mass is 16.6. The minimum Gasteiger partial charge on any atom is -0.442 e. The van der Waals surface area contributed by atoms with Crippen molar-refractivity contribution in [3.63, 3.8) is 0 Å². The maximum absolute atomic E-state index is 11.4. The van der Waals surface area contributed by atoms with Gasteiger partial charge in [-0.1, -0.05) is 32.1 Å². The molecule has 0 radical (unpaired) electrons. The molecular formula is C15H25NO3. The van der Waals surface area contributed by atoms with Gasteiger partial charge in [-0.05, 0) is 19.3 Å². The lowest BCUT2D eigenvalue weighted by atomic mass is 10.1. The zero-order valence-electron chi connectivity index (χ0n) is 11.8. The predicted molar refractivity (Wildman–Crippen MR) is 77.0 cm³/mol. The normalized spacial score (nSPS) is 11.4. The molecule has 1 N–H and O–H groups in total. The van der Waals surface area contributed by atoms with Gasteiger partial charge < -0.3 is 10.1 Å². The second-order valence-corrected chi connectivity index (χ2v) is 4.36. The minimum atomic E-state index is -0.447. The molecule has 0 aliphatic rings. The number of hydrogen-bond acceptors (Lipinski definition) is 3. The van der Waals surface area contributed by atoms with Crippen molar-refractivity contribution in [3.8, 4) is 0 Å². The SMILES string of the molecule is C=CCCC(=O)CCCNC(=O)OC(C=C)CCC. The first kappa shape index (κ1) is 17.4. The second-order valence-electron chi connectivity index (χ2n) is 4.36. The number of nitrogens with one attached hydrogen (secondary N) is 1. The van der Waals surface area contributed by atoms with Crippen molar-refractivity contribution in [2.45, 2.75) is 51.6 Å². The van der Waals surface area contributed by atoms with Crippen LogP contribution in [0.15, 0.2) is 25.3 Å². The van der Waals surface area contributed by atoms with Crippen molar-refractivity contribution in [2.24, 2.45) is 0 Å². The first-order valence-electron chi connectivity index (χ1n) is 6.83. The molecule has 0 saturated carbocycles. The molecule has 0 saturated heterocycles. The zero-order valence-corrected chi connectivity index (χ0v) is 11.8. The summed E-state index contributed by atoms with van der Waals surface area (Å²) < 4.78 is 5.15. The Hall–Kier alpha value is -1.58. The van der Waals surface area contributed by atoms with Gasteiger partial charge in [-0.3, -0.25) is 4.79 Å². The van der Waals surface area contributed by atoms with Crippen LogP contribution in [0, 0.1) is 0 Å². The number of rotatable bonds is 11. The van der Waals surface area contributed by atoms with Gasteiger partial charge in [0, 0.05) is 19.4 Å². The number of ketones is 1. The molecule has 0 aromatic rings. The summed E-state index contributed by atoms with van der Waals surface area (Å²) in [6, 6.07) is 0. The molecule has 0 spiro atoms. The second kappa shape index (κ2) is 11.5. The van der Waals surface area contributed by atoms with Crippen LogP contribution in [0.2, 0.25) is 0 Å². The number of ether oxygens (including phenoxy) is 1. The summed E-state index contributed by atoms with van der Waals surface area (Å²) in [6.07, 6.45) is 6.74. The van der Waals surface area contributed by atoms with Crippen LogP contribution in [-0.2, 0) is 9.53 Å². The van der Waals surface area contributed by atoms with E-state index in [0.717, 1.165) is 12.8 Å². The van der Waals surface area contributed by atoms with E-state index in [0.29, 0.717) is 32.2 Å². The lowest BCUT2D eigenvalue weighted by molar-refractivity contribution is -0.119. The third-order valence-corrected chi connectivity index (χ3v) is 2.62. The Balaban J connectivity index is 3.65. The standard InChI is InChI=1S/C15H25NO3/c1-4-7-10-13(17)11-8-12-16-15(18)19-14(6-3)9-5-2/h4,6,14H,1,3,5,7-12H2,2H3,(H,16,18). The highest BCUT2D eigenvalue weighted by molar-refractivity contribution is 5.78. The number of alkyl carbamates (subject to hydrolysis) is 1. The van der Waals surface area contributed by atoms with Crippen molar-refractivity contribution < 1.29 is 14.3 Å². The average molecular weight is 267 g/mol. The third-order valence-electron chi connectivity index (χ3n) is 2.62. The van der Waals surface area contributed by atoms with Crippen molar-refractivity contribution >= 4 is 11.9 Å². The molecule has 0 rings (SSSR count). The number of carbonyl (C=O) groups is 2. The molecule has 0 aliphatic carbocycles. The Morgan fingerprint density at radius 1 is 1.32 bits per heavy atom. The minimum absolute atomic E-state index is 0.199. The molecular weight excluding hydrogens is 242 g/mol. The third kappa shape index (κ3) is 10.1. The van der Waals surface area contributed by atoms with Crippen LogP contribution >= 0.6 is 0 Å². The van der Waals surface area contributed by atoms with Crippen LogP contribution in [0.5, 0.6) is 0 Å². The van der Waals surface area contributed by atoms with E-state index in [1.54, 1.807) is 12.2 Å². The van der Waals surface area contributed by atoms with Crippen LogP contribution in [0.1, 0.15) is 45.4 Å². The molecule has 4 nitrogen and oxygen atoms in total. The van der Waals surface area contributed by atoms with Gasteiger partial charge in [-0.2, -0.15) is 0 Å². The molecule has 0 fully saturated rings. The molecule has 1 amide bonds. The maximum Gasteiger partial charge on any atom is 0.407 e. The zero-order chi connectivity index (χ0) is 14.5. The van der Waals surface area contributed by atoms with Crippen molar-refractivity contribution in [2.75, 3.05) is 6.54 Å². The number of amides is 1. The van der Waals surface area contributed by atoms with E-state index in [1.807, 2.05) is 6.92 Å². The number of allylic oxidation sites excluding steroid dienone is 1. The highest BCUT2D eigenvalue weighted by Gasteiger charge is 2.09. The summed E-state index contributed by atoms with van der Waals surface area (Å²) in [4.78, 5) is 22.8. The van der Waals surface area contributed by atoms with Gasteiger partial charge in [0.15, 0.2) is 0 Å². The largest absolute Gasteiger partial charge is 0.442 e. The molecule has 0 aliphatic heterocycles. The number of Topliss-reactive ketones (excluding diaryl/α,β-unsaturated/α-hetero) is 1. The fraction of sp³-hybridized carbons (Fsp3) is 0.600. The summed E-state index contributed by atoms with van der Waals surface area (Å²) in [6.45, 7) is 9.67. The van der Waals surface area contributed by atoms with Gasteiger partial charge in [0.05, 0.1) is 0 Å². The first-order chi connectivity index (χ1) is 9.13.